The third-order valence-electron chi connectivity index (χ3n) is 4.83. The molecule has 0 aliphatic heterocycles. The molecule has 3 aromatic rings. The van der Waals surface area contributed by atoms with Crippen LogP contribution in [0.15, 0.2) is 59.4 Å². The number of carbonyl (C=O) groups is 3. The Bertz CT molecular complexity index is 1330. The van der Waals surface area contributed by atoms with E-state index in [-0.39, 0.29) is 30.0 Å². The first-order chi connectivity index (χ1) is 16.5. The molecule has 1 heterocycles. The topological polar surface area (TPSA) is 136 Å². The molecule has 0 spiro atoms. The minimum absolute atomic E-state index is 0.0133. The lowest BCUT2D eigenvalue weighted by Crippen LogP contribution is -2.33. The second-order valence-electron chi connectivity index (χ2n) is 7.49. The van der Waals surface area contributed by atoms with Gasteiger partial charge in [0.15, 0.2) is 5.69 Å². The summed E-state index contributed by atoms with van der Waals surface area (Å²) in [6.45, 7) is 1.16. The summed E-state index contributed by atoms with van der Waals surface area (Å²) in [7, 11) is 0. The Balaban J connectivity index is 1.75. The van der Waals surface area contributed by atoms with Gasteiger partial charge in [0.25, 0.3) is 11.8 Å². The van der Waals surface area contributed by atoms with Gasteiger partial charge in [0, 0.05) is 23.9 Å². The van der Waals surface area contributed by atoms with E-state index in [9.17, 15) is 32.3 Å². The van der Waals surface area contributed by atoms with E-state index >= 15 is 0 Å². The summed E-state index contributed by atoms with van der Waals surface area (Å²) < 4.78 is 40.3. The van der Waals surface area contributed by atoms with Crippen LogP contribution in [-0.4, -0.2) is 34.0 Å². The van der Waals surface area contributed by atoms with Gasteiger partial charge in [0.05, 0.1) is 17.8 Å². The number of halogens is 3. The number of carbonyl (C=O) groups excluding carboxylic acids is 3. The van der Waals surface area contributed by atoms with Crippen molar-refractivity contribution in [3.8, 4) is 5.69 Å². The Kier molecular flexibility index (Phi) is 7.33. The maximum absolute atomic E-state index is 13.1. The van der Waals surface area contributed by atoms with Crippen molar-refractivity contribution in [1.82, 2.24) is 20.4 Å². The molecular formula is C23H20F3N5O4. The summed E-state index contributed by atoms with van der Waals surface area (Å²) in [5.41, 5.74) is 4.05. The molecule has 0 bridgehead atoms. The van der Waals surface area contributed by atoms with Crippen molar-refractivity contribution < 1.29 is 27.6 Å². The molecule has 2 aromatic carbocycles. The lowest BCUT2D eigenvalue weighted by molar-refractivity contribution is -0.137. The Morgan fingerprint density at radius 1 is 1.00 bits per heavy atom. The second-order valence-corrected chi connectivity index (χ2v) is 7.49. The number of hydrogen-bond acceptors (Lipinski definition) is 5. The number of amides is 3. The molecule has 0 fully saturated rings. The van der Waals surface area contributed by atoms with E-state index in [1.807, 2.05) is 0 Å². The van der Waals surface area contributed by atoms with E-state index in [1.165, 1.54) is 31.2 Å². The predicted octanol–water partition coefficient (Wildman–Crippen LogP) is 1.70. The van der Waals surface area contributed by atoms with Crippen LogP contribution in [0.2, 0.25) is 0 Å². The zero-order valence-electron chi connectivity index (χ0n) is 18.3. The molecule has 0 saturated carbocycles. The predicted molar refractivity (Wildman–Crippen MR) is 119 cm³/mol. The highest BCUT2D eigenvalue weighted by molar-refractivity contribution is 5.96. The number of nitrogens with one attached hydrogen (secondary N) is 2. The van der Waals surface area contributed by atoms with Crippen LogP contribution < -0.4 is 21.8 Å². The normalized spacial score (nSPS) is 11.1. The molecule has 12 heteroatoms. The average molecular weight is 487 g/mol. The fraction of sp³-hybridized carbons (Fsp3) is 0.174. The van der Waals surface area contributed by atoms with Gasteiger partial charge in [-0.15, -0.1) is 0 Å². The first kappa shape index (κ1) is 25.1. The van der Waals surface area contributed by atoms with Crippen LogP contribution in [0.4, 0.5) is 13.2 Å². The average Bonchev–Trinajstić information content (AvgIpc) is 2.81. The van der Waals surface area contributed by atoms with Crippen LogP contribution in [0.3, 0.4) is 0 Å². The number of aromatic nitrogens is 2. The number of nitrogens with zero attached hydrogens (tertiary/aromatic N) is 2. The fourth-order valence-electron chi connectivity index (χ4n) is 3.09. The smallest absolute Gasteiger partial charge is 0.368 e. The zero-order chi connectivity index (χ0) is 25.8. The van der Waals surface area contributed by atoms with E-state index in [4.69, 9.17) is 5.73 Å². The SMILES string of the molecule is Cc1cc(=O)c(C(=O)NCc2ccc(C(=O)NCC(N)=O)cc2)nn1-c1cccc(C(F)(F)F)c1. The first-order valence-corrected chi connectivity index (χ1v) is 10.2. The quantitative estimate of drug-likeness (QED) is 0.466. The molecule has 0 unspecified atom stereocenters. The minimum Gasteiger partial charge on any atom is -0.368 e. The van der Waals surface area contributed by atoms with Gasteiger partial charge in [0.2, 0.25) is 11.3 Å². The van der Waals surface area contributed by atoms with E-state index in [2.05, 4.69) is 15.7 Å². The third-order valence-corrected chi connectivity index (χ3v) is 4.83. The Labute approximate surface area is 196 Å². The molecule has 182 valence electrons. The van der Waals surface area contributed by atoms with Crippen molar-refractivity contribution in [2.24, 2.45) is 5.73 Å². The molecule has 3 amide bonds. The number of aryl methyl sites for hydroxylation is 1. The third kappa shape index (κ3) is 6.31. The zero-order valence-corrected chi connectivity index (χ0v) is 18.3. The van der Waals surface area contributed by atoms with Crippen LogP contribution >= 0.6 is 0 Å². The van der Waals surface area contributed by atoms with Crippen molar-refractivity contribution in [3.05, 3.63) is 92.9 Å². The summed E-state index contributed by atoms with van der Waals surface area (Å²) in [5, 5.41) is 8.85. The highest BCUT2D eigenvalue weighted by Gasteiger charge is 2.30. The Hall–Kier alpha value is -4.48. The molecule has 35 heavy (non-hydrogen) atoms. The molecule has 0 radical (unpaired) electrons. The van der Waals surface area contributed by atoms with Crippen LogP contribution in [-0.2, 0) is 17.5 Å². The molecule has 1 aromatic heterocycles. The van der Waals surface area contributed by atoms with Gasteiger partial charge in [-0.2, -0.15) is 18.3 Å². The van der Waals surface area contributed by atoms with Crippen molar-refractivity contribution in [2.75, 3.05) is 6.54 Å². The van der Waals surface area contributed by atoms with Gasteiger partial charge in [0.1, 0.15) is 0 Å². The molecule has 0 atom stereocenters. The largest absolute Gasteiger partial charge is 0.416 e. The lowest BCUT2D eigenvalue weighted by Gasteiger charge is -2.13. The van der Waals surface area contributed by atoms with Gasteiger partial charge in [-0.05, 0) is 42.8 Å². The second kappa shape index (κ2) is 10.2. The molecule has 0 aliphatic rings. The number of primary amides is 1. The molecule has 0 aliphatic carbocycles. The Morgan fingerprint density at radius 3 is 2.31 bits per heavy atom. The number of hydrogen-bond donors (Lipinski definition) is 3. The van der Waals surface area contributed by atoms with Gasteiger partial charge < -0.3 is 16.4 Å². The van der Waals surface area contributed by atoms with Crippen LogP contribution in [0.25, 0.3) is 5.69 Å². The van der Waals surface area contributed by atoms with Gasteiger partial charge in [-0.25, -0.2) is 4.68 Å². The van der Waals surface area contributed by atoms with Crippen LogP contribution in [0.5, 0.6) is 0 Å². The van der Waals surface area contributed by atoms with Crippen molar-refractivity contribution in [1.29, 1.82) is 0 Å². The summed E-state index contributed by atoms with van der Waals surface area (Å²) in [5.74, 6) is -2.01. The van der Waals surface area contributed by atoms with Gasteiger partial charge >= 0.3 is 6.18 Å². The Morgan fingerprint density at radius 2 is 1.69 bits per heavy atom. The van der Waals surface area contributed by atoms with Crippen LogP contribution in [0, 0.1) is 6.92 Å². The van der Waals surface area contributed by atoms with Crippen molar-refractivity contribution in [3.63, 3.8) is 0 Å². The maximum Gasteiger partial charge on any atom is 0.416 e. The van der Waals surface area contributed by atoms with E-state index in [1.54, 1.807) is 12.1 Å². The van der Waals surface area contributed by atoms with E-state index < -0.39 is 40.6 Å². The summed E-state index contributed by atoms with van der Waals surface area (Å²) in [6, 6.07) is 11.5. The standard InChI is InChI=1S/C23H20F3N5O4/c1-13-9-18(32)20(30-31(13)17-4-2-3-16(10-17)23(24,25)26)22(35)28-11-14-5-7-15(8-6-14)21(34)29-12-19(27)33/h2-10H,11-12H2,1H3,(H2,27,33)(H,28,35)(H,29,34). The number of rotatable bonds is 7. The van der Waals surface area contributed by atoms with Gasteiger partial charge in [-0.1, -0.05) is 18.2 Å². The fourth-order valence-corrected chi connectivity index (χ4v) is 3.09. The molecule has 3 rings (SSSR count). The summed E-state index contributed by atoms with van der Waals surface area (Å²) in [4.78, 5) is 47.6. The van der Waals surface area contributed by atoms with E-state index in [0.717, 1.165) is 22.9 Å². The van der Waals surface area contributed by atoms with Crippen molar-refractivity contribution in [2.45, 2.75) is 19.6 Å². The van der Waals surface area contributed by atoms with E-state index in [0.29, 0.717) is 5.56 Å². The molecule has 4 N–H and O–H groups in total. The summed E-state index contributed by atoms with van der Waals surface area (Å²) >= 11 is 0. The molecular weight excluding hydrogens is 467 g/mol. The monoisotopic (exact) mass is 487 g/mol. The lowest BCUT2D eigenvalue weighted by atomic mass is 10.1. The maximum atomic E-state index is 13.1. The minimum atomic E-state index is -4.57. The first-order valence-electron chi connectivity index (χ1n) is 10.2. The highest BCUT2D eigenvalue weighted by atomic mass is 19.4. The number of alkyl halides is 3. The molecule has 9 nitrogen and oxygen atoms in total. The van der Waals surface area contributed by atoms with Crippen molar-refractivity contribution >= 4 is 17.7 Å². The van der Waals surface area contributed by atoms with Crippen LogP contribution in [0.1, 0.15) is 37.7 Å². The highest BCUT2D eigenvalue weighted by Crippen LogP contribution is 2.30. The number of benzene rings is 2. The molecule has 0 saturated heterocycles. The summed E-state index contributed by atoms with van der Waals surface area (Å²) in [6.07, 6.45) is -4.57. The number of nitrogens with two attached hydrogens (primary N) is 1. The van der Waals surface area contributed by atoms with Gasteiger partial charge in [-0.3, -0.25) is 19.2 Å².